The zero-order valence-electron chi connectivity index (χ0n) is 30.8. The number of para-hydroxylation sites is 4. The maximum atomic E-state index is 4.36. The van der Waals surface area contributed by atoms with Crippen LogP contribution >= 0.6 is 0 Å². The van der Waals surface area contributed by atoms with E-state index >= 15 is 0 Å². The minimum atomic E-state index is -0.101. The van der Waals surface area contributed by atoms with Gasteiger partial charge in [0.1, 0.15) is 0 Å². The Morgan fingerprint density at radius 3 is 1.23 bits per heavy atom. The van der Waals surface area contributed by atoms with E-state index < -0.39 is 0 Å². The first-order valence-corrected chi connectivity index (χ1v) is 19.7. The van der Waals surface area contributed by atoms with Crippen LogP contribution in [0.4, 0.5) is 22.7 Å². The maximum Gasteiger partial charge on any atom is 0.0933 e. The van der Waals surface area contributed by atoms with Crippen molar-refractivity contribution in [1.82, 2.24) is 19.6 Å². The van der Waals surface area contributed by atoms with Gasteiger partial charge in [-0.15, -0.1) is 0 Å². The highest BCUT2D eigenvalue weighted by atomic mass is 15.4. The predicted molar refractivity (Wildman–Crippen MR) is 209 cm³/mol. The van der Waals surface area contributed by atoms with Crippen molar-refractivity contribution in [1.29, 1.82) is 0 Å². The maximum absolute atomic E-state index is 4.36. The molecule has 0 aromatic heterocycles. The highest BCUT2D eigenvalue weighted by Gasteiger charge is 2.72. The summed E-state index contributed by atoms with van der Waals surface area (Å²) in [6.45, 7) is 4.33. The van der Waals surface area contributed by atoms with Crippen LogP contribution in [0.2, 0.25) is 0 Å². The van der Waals surface area contributed by atoms with Crippen molar-refractivity contribution in [3.8, 4) is 0 Å². The monoisotopic (exact) mass is 690 g/mol. The Hall–Kier alpha value is -4.08. The zero-order chi connectivity index (χ0) is 34.8. The minimum Gasteiger partial charge on any atom is -0.368 e. The number of hydrogen-bond acceptors (Lipinski definition) is 8. The molecule has 8 aliphatic rings. The standard InChI is InChI=1S/C44H50N8/c1-49-23-19-41(27-11-5-7-17-33(27)45-37(41)49)29-13-9-15-31-35(29)47-39-43(31,21-25-51(39)3)44-22-26-52(4)40(44)48-36-30(14-10-16-32(36)44)42-20-24-50(2)38(42)46-34-18-8-6-12-28(34)42/h5-18,37-40,45-48H,19-26H2,1-4H3/t37-,38-,39-,40+,41-,42-,43+,44?/m1/s1. The second-order valence-electron chi connectivity index (χ2n) is 17.5. The average molecular weight is 691 g/mol. The van der Waals surface area contributed by atoms with Crippen molar-refractivity contribution < 1.29 is 0 Å². The fraction of sp³-hybridized carbons (Fsp3) is 0.455. The molecule has 8 nitrogen and oxygen atoms in total. The highest BCUT2D eigenvalue weighted by Crippen LogP contribution is 2.69. The van der Waals surface area contributed by atoms with E-state index in [9.17, 15) is 0 Å². The van der Waals surface area contributed by atoms with E-state index in [-0.39, 0.29) is 46.3 Å². The number of benzene rings is 4. The smallest absolute Gasteiger partial charge is 0.0933 e. The van der Waals surface area contributed by atoms with Crippen LogP contribution in [0.25, 0.3) is 0 Å². The van der Waals surface area contributed by atoms with Crippen molar-refractivity contribution in [2.45, 2.75) is 72.0 Å². The quantitative estimate of drug-likeness (QED) is 0.216. The van der Waals surface area contributed by atoms with Crippen molar-refractivity contribution in [3.05, 3.63) is 118 Å². The molecule has 4 aromatic carbocycles. The van der Waals surface area contributed by atoms with Crippen LogP contribution in [0, 0.1) is 0 Å². The zero-order valence-corrected chi connectivity index (χ0v) is 30.8. The molecular formula is C44H50N8. The molecule has 4 fully saturated rings. The predicted octanol–water partition coefficient (Wildman–Crippen LogP) is 5.78. The number of hydrogen-bond donors (Lipinski definition) is 4. The number of likely N-dealkylation sites (tertiary alicyclic amines) is 4. The second-order valence-corrected chi connectivity index (χ2v) is 17.5. The molecule has 52 heavy (non-hydrogen) atoms. The fourth-order valence-corrected chi connectivity index (χ4v) is 13.8. The first kappa shape index (κ1) is 30.4. The van der Waals surface area contributed by atoms with E-state index in [2.05, 4.69) is 154 Å². The molecule has 8 aliphatic heterocycles. The summed E-state index contributed by atoms with van der Waals surface area (Å²) in [7, 11) is 9.33. The second kappa shape index (κ2) is 9.91. The Morgan fingerprint density at radius 1 is 0.404 bits per heavy atom. The molecule has 0 saturated carbocycles. The molecule has 8 atom stereocenters. The summed E-state index contributed by atoms with van der Waals surface area (Å²) in [6.07, 6.45) is 5.41. The van der Waals surface area contributed by atoms with Crippen LogP contribution in [0.1, 0.15) is 59.1 Å². The van der Waals surface area contributed by atoms with Crippen LogP contribution < -0.4 is 21.3 Å². The first-order chi connectivity index (χ1) is 25.4. The molecule has 0 amide bonds. The highest BCUT2D eigenvalue weighted by molar-refractivity contribution is 5.81. The largest absolute Gasteiger partial charge is 0.368 e. The summed E-state index contributed by atoms with van der Waals surface area (Å²) in [5, 5.41) is 16.7. The van der Waals surface area contributed by atoms with E-state index in [0.29, 0.717) is 0 Å². The third-order valence-corrected chi connectivity index (χ3v) is 15.9. The summed E-state index contributed by atoms with van der Waals surface area (Å²) in [5.74, 6) is 0. The summed E-state index contributed by atoms with van der Waals surface area (Å²) in [4.78, 5) is 10.4. The molecule has 0 spiro atoms. The first-order valence-electron chi connectivity index (χ1n) is 19.7. The molecule has 266 valence electrons. The van der Waals surface area contributed by atoms with Crippen LogP contribution in [0.3, 0.4) is 0 Å². The van der Waals surface area contributed by atoms with E-state index in [1.54, 1.807) is 0 Å². The van der Waals surface area contributed by atoms with E-state index in [1.165, 1.54) is 56.1 Å². The summed E-state index contributed by atoms with van der Waals surface area (Å²) < 4.78 is 0. The van der Waals surface area contributed by atoms with Crippen LogP contribution in [0.15, 0.2) is 84.9 Å². The van der Waals surface area contributed by atoms with Crippen molar-refractivity contribution >= 4 is 22.7 Å². The molecule has 12 rings (SSSR count). The number of nitrogens with zero attached hydrogens (tertiary/aromatic N) is 4. The minimum absolute atomic E-state index is 0.100. The summed E-state index contributed by atoms with van der Waals surface area (Å²) in [6, 6.07) is 33.0. The van der Waals surface area contributed by atoms with Gasteiger partial charge >= 0.3 is 0 Å². The number of nitrogens with one attached hydrogen (secondary N) is 4. The number of rotatable bonds is 3. The van der Waals surface area contributed by atoms with Gasteiger partial charge in [0.15, 0.2) is 0 Å². The van der Waals surface area contributed by atoms with Gasteiger partial charge in [-0.05, 0) is 99.4 Å². The molecular weight excluding hydrogens is 641 g/mol. The fourth-order valence-electron chi connectivity index (χ4n) is 13.8. The van der Waals surface area contributed by atoms with Crippen molar-refractivity contribution in [2.75, 3.05) is 75.6 Å². The van der Waals surface area contributed by atoms with Gasteiger partial charge in [0.05, 0.1) is 35.5 Å². The lowest BCUT2D eigenvalue weighted by atomic mass is 9.54. The van der Waals surface area contributed by atoms with Gasteiger partial charge in [0, 0.05) is 59.8 Å². The van der Waals surface area contributed by atoms with Gasteiger partial charge in [-0.3, -0.25) is 19.6 Å². The lowest BCUT2D eigenvalue weighted by Gasteiger charge is -2.48. The molecule has 1 unspecified atom stereocenters. The lowest BCUT2D eigenvalue weighted by Crippen LogP contribution is -2.60. The van der Waals surface area contributed by atoms with Gasteiger partial charge in [-0.2, -0.15) is 0 Å². The topological polar surface area (TPSA) is 61.1 Å². The molecule has 8 heteroatoms. The van der Waals surface area contributed by atoms with Gasteiger partial charge in [0.25, 0.3) is 0 Å². The summed E-state index contributed by atoms with van der Waals surface area (Å²) in [5.41, 5.74) is 13.9. The Balaban J connectivity index is 1.09. The summed E-state index contributed by atoms with van der Waals surface area (Å²) >= 11 is 0. The van der Waals surface area contributed by atoms with E-state index in [0.717, 1.165) is 51.9 Å². The Kier molecular flexibility index (Phi) is 5.79. The lowest BCUT2D eigenvalue weighted by molar-refractivity contribution is 0.147. The third-order valence-electron chi connectivity index (χ3n) is 15.9. The SMILES string of the molecule is CN1CC[C@]2(c3cccc4c3N[C@H]3N(C)CCC43[C@]34CCN(C)[C@H]3Nc3c([C@]56CCN(C)[C@H]5Nc5ccccc56)cccc34)c3ccccc3N[C@H]12. The molecule has 8 heterocycles. The van der Waals surface area contributed by atoms with Crippen molar-refractivity contribution in [2.24, 2.45) is 0 Å². The van der Waals surface area contributed by atoms with E-state index in [1.807, 2.05) is 0 Å². The molecule has 0 radical (unpaired) electrons. The molecule has 0 bridgehead atoms. The van der Waals surface area contributed by atoms with Crippen LogP contribution in [0.5, 0.6) is 0 Å². The third kappa shape index (κ3) is 3.17. The molecule has 4 N–H and O–H groups in total. The Bertz CT molecular complexity index is 2030. The van der Waals surface area contributed by atoms with Gasteiger partial charge in [0.2, 0.25) is 0 Å². The average Bonchev–Trinajstić information content (AvgIpc) is 4.03. The Morgan fingerprint density at radius 2 is 0.769 bits per heavy atom. The molecule has 4 aromatic rings. The van der Waals surface area contributed by atoms with Gasteiger partial charge in [-0.25, -0.2) is 0 Å². The Labute approximate surface area is 307 Å². The van der Waals surface area contributed by atoms with Crippen molar-refractivity contribution in [3.63, 3.8) is 0 Å². The van der Waals surface area contributed by atoms with Crippen LogP contribution in [-0.2, 0) is 21.7 Å². The molecule has 0 aliphatic carbocycles. The normalized spacial score (nSPS) is 38.0. The number of likely N-dealkylation sites (N-methyl/N-ethyl adjacent to an activating group) is 4. The van der Waals surface area contributed by atoms with Gasteiger partial charge in [-0.1, -0.05) is 72.8 Å². The number of anilines is 4. The van der Waals surface area contributed by atoms with Crippen LogP contribution in [-0.4, -0.2) is 98.6 Å². The number of fused-ring (bicyclic) bond motifs is 13. The van der Waals surface area contributed by atoms with E-state index in [4.69, 9.17) is 0 Å². The van der Waals surface area contributed by atoms with Gasteiger partial charge < -0.3 is 21.3 Å². The molecule has 4 saturated heterocycles.